The molecule has 1 aliphatic rings. The minimum atomic E-state index is 0.291. The second-order valence-electron chi connectivity index (χ2n) is 5.75. The average Bonchev–Trinajstić information content (AvgIpc) is 3.35. The number of rotatable bonds is 8. The fourth-order valence-corrected chi connectivity index (χ4v) is 2.55. The highest BCUT2D eigenvalue weighted by atomic mass is 16.6. The van der Waals surface area contributed by atoms with Crippen LogP contribution in [0.1, 0.15) is 24.0 Å². The minimum absolute atomic E-state index is 0.291. The first-order valence-corrected chi connectivity index (χ1v) is 7.91. The quantitative estimate of drug-likeness (QED) is 0.596. The van der Waals surface area contributed by atoms with Crippen molar-refractivity contribution in [2.24, 2.45) is 0 Å². The highest BCUT2D eigenvalue weighted by Gasteiger charge is 2.23. The molecule has 0 radical (unpaired) electrons. The number of aromatic hydroxyl groups is 1. The van der Waals surface area contributed by atoms with E-state index in [0.29, 0.717) is 18.5 Å². The normalized spacial score (nSPS) is 16.5. The van der Waals surface area contributed by atoms with E-state index in [2.05, 4.69) is 18.2 Å². The number of benzene rings is 2. The van der Waals surface area contributed by atoms with E-state index in [4.69, 9.17) is 9.47 Å². The second-order valence-corrected chi connectivity index (χ2v) is 5.75. The third-order valence-electron chi connectivity index (χ3n) is 3.87. The third-order valence-corrected chi connectivity index (χ3v) is 3.87. The van der Waals surface area contributed by atoms with E-state index in [-0.39, 0.29) is 0 Å². The Morgan fingerprint density at radius 1 is 1.05 bits per heavy atom. The molecule has 2 aromatic carbocycles. The zero-order valence-electron chi connectivity index (χ0n) is 12.7. The van der Waals surface area contributed by atoms with Crippen LogP contribution in [0.3, 0.4) is 0 Å². The smallest absolute Gasteiger partial charge is 0.122 e. The molecular weight excluding hydrogens is 276 g/mol. The van der Waals surface area contributed by atoms with Gasteiger partial charge in [-0.25, -0.2) is 0 Å². The largest absolute Gasteiger partial charge is 0.508 e. The van der Waals surface area contributed by atoms with E-state index < -0.39 is 0 Å². The first-order chi connectivity index (χ1) is 10.8. The van der Waals surface area contributed by atoms with E-state index in [1.807, 2.05) is 24.3 Å². The van der Waals surface area contributed by atoms with E-state index in [1.165, 1.54) is 11.1 Å². The molecule has 116 valence electrons. The molecule has 0 amide bonds. The third kappa shape index (κ3) is 4.50. The predicted molar refractivity (Wildman–Crippen MR) is 86.4 cm³/mol. The monoisotopic (exact) mass is 298 g/mol. The van der Waals surface area contributed by atoms with Crippen molar-refractivity contribution in [1.82, 2.24) is 0 Å². The molecule has 1 heterocycles. The molecule has 0 aromatic heterocycles. The van der Waals surface area contributed by atoms with Gasteiger partial charge in [0.2, 0.25) is 0 Å². The van der Waals surface area contributed by atoms with Crippen molar-refractivity contribution in [3.63, 3.8) is 0 Å². The lowest BCUT2D eigenvalue weighted by Gasteiger charge is -2.10. The number of para-hydroxylation sites is 1. The SMILES string of the molecule is Oc1cccc(CCCCc2ccccc2OCC2CO2)c1. The Kier molecular flexibility index (Phi) is 4.96. The summed E-state index contributed by atoms with van der Waals surface area (Å²) >= 11 is 0. The Bertz CT molecular complexity index is 605. The Balaban J connectivity index is 1.46. The first kappa shape index (κ1) is 14.9. The van der Waals surface area contributed by atoms with Crippen molar-refractivity contribution in [2.75, 3.05) is 13.2 Å². The summed E-state index contributed by atoms with van der Waals surface area (Å²) in [4.78, 5) is 0. The molecule has 0 aliphatic carbocycles. The maximum Gasteiger partial charge on any atom is 0.122 e. The van der Waals surface area contributed by atoms with Crippen LogP contribution in [-0.4, -0.2) is 24.4 Å². The molecule has 0 bridgehead atoms. The van der Waals surface area contributed by atoms with Crippen LogP contribution >= 0.6 is 0 Å². The molecule has 0 spiro atoms. The van der Waals surface area contributed by atoms with Gasteiger partial charge in [-0.15, -0.1) is 0 Å². The van der Waals surface area contributed by atoms with Crippen molar-refractivity contribution >= 4 is 0 Å². The molecule has 1 aliphatic heterocycles. The van der Waals surface area contributed by atoms with Gasteiger partial charge in [0.1, 0.15) is 24.2 Å². The van der Waals surface area contributed by atoms with Crippen LogP contribution in [-0.2, 0) is 17.6 Å². The fraction of sp³-hybridized carbons (Fsp3) is 0.368. The standard InChI is InChI=1S/C19H22O3/c20-17-10-5-7-15(12-17)6-1-2-8-16-9-3-4-11-19(16)22-14-18-13-21-18/h3-5,7,9-12,18,20H,1-2,6,8,13-14H2. The summed E-state index contributed by atoms with van der Waals surface area (Å²) in [5, 5.41) is 9.47. The number of ether oxygens (including phenoxy) is 2. The minimum Gasteiger partial charge on any atom is -0.508 e. The molecule has 1 saturated heterocycles. The number of phenols is 1. The van der Waals surface area contributed by atoms with Crippen molar-refractivity contribution in [2.45, 2.75) is 31.8 Å². The molecule has 3 heteroatoms. The average molecular weight is 298 g/mol. The van der Waals surface area contributed by atoms with E-state index in [1.54, 1.807) is 6.07 Å². The van der Waals surface area contributed by atoms with Gasteiger partial charge in [0.15, 0.2) is 0 Å². The predicted octanol–water partition coefficient (Wildman–Crippen LogP) is 3.74. The lowest BCUT2D eigenvalue weighted by molar-refractivity contribution is 0.261. The van der Waals surface area contributed by atoms with Gasteiger partial charge in [0.05, 0.1) is 6.61 Å². The van der Waals surface area contributed by atoms with Gasteiger partial charge < -0.3 is 14.6 Å². The Morgan fingerprint density at radius 3 is 2.68 bits per heavy atom. The summed E-state index contributed by atoms with van der Waals surface area (Å²) in [7, 11) is 0. The Labute approximate surface area is 131 Å². The van der Waals surface area contributed by atoms with Gasteiger partial charge in [-0.1, -0.05) is 30.3 Å². The number of hydrogen-bond acceptors (Lipinski definition) is 3. The molecule has 0 saturated carbocycles. The molecular formula is C19H22O3. The highest BCUT2D eigenvalue weighted by molar-refractivity contribution is 5.33. The van der Waals surface area contributed by atoms with Crippen LogP contribution < -0.4 is 4.74 Å². The maximum atomic E-state index is 9.47. The van der Waals surface area contributed by atoms with Gasteiger partial charge >= 0.3 is 0 Å². The molecule has 1 fully saturated rings. The number of phenolic OH excluding ortho intramolecular Hbond substituents is 1. The van der Waals surface area contributed by atoms with Crippen LogP contribution in [0.4, 0.5) is 0 Å². The van der Waals surface area contributed by atoms with Crippen molar-refractivity contribution in [3.05, 3.63) is 59.7 Å². The molecule has 3 nitrogen and oxygen atoms in total. The lowest BCUT2D eigenvalue weighted by Crippen LogP contribution is -2.05. The van der Waals surface area contributed by atoms with Crippen LogP contribution in [0.25, 0.3) is 0 Å². The Morgan fingerprint density at radius 2 is 1.86 bits per heavy atom. The summed E-state index contributed by atoms with van der Waals surface area (Å²) in [6.07, 6.45) is 4.51. The zero-order valence-corrected chi connectivity index (χ0v) is 12.7. The van der Waals surface area contributed by atoms with Gasteiger partial charge in [-0.2, -0.15) is 0 Å². The topological polar surface area (TPSA) is 42.0 Å². The van der Waals surface area contributed by atoms with E-state index >= 15 is 0 Å². The summed E-state index contributed by atoms with van der Waals surface area (Å²) in [6, 6.07) is 15.8. The summed E-state index contributed by atoms with van der Waals surface area (Å²) in [5.41, 5.74) is 2.45. The summed E-state index contributed by atoms with van der Waals surface area (Å²) in [5.74, 6) is 1.33. The number of unbranched alkanes of at least 4 members (excludes halogenated alkanes) is 1. The number of epoxide rings is 1. The van der Waals surface area contributed by atoms with Crippen LogP contribution in [0.15, 0.2) is 48.5 Å². The van der Waals surface area contributed by atoms with Gasteiger partial charge in [0, 0.05) is 0 Å². The summed E-state index contributed by atoms with van der Waals surface area (Å²) in [6.45, 7) is 1.48. The lowest BCUT2D eigenvalue weighted by atomic mass is 10.0. The van der Waals surface area contributed by atoms with Gasteiger partial charge in [0.25, 0.3) is 0 Å². The number of aryl methyl sites for hydroxylation is 2. The van der Waals surface area contributed by atoms with Crippen molar-refractivity contribution in [1.29, 1.82) is 0 Å². The number of hydrogen-bond donors (Lipinski definition) is 1. The van der Waals surface area contributed by atoms with Crippen molar-refractivity contribution < 1.29 is 14.6 Å². The van der Waals surface area contributed by atoms with Crippen LogP contribution in [0.2, 0.25) is 0 Å². The Hall–Kier alpha value is -2.00. The summed E-state index contributed by atoms with van der Waals surface area (Å²) < 4.78 is 11.0. The van der Waals surface area contributed by atoms with Crippen LogP contribution in [0.5, 0.6) is 11.5 Å². The second kappa shape index (κ2) is 7.32. The zero-order chi connectivity index (χ0) is 15.2. The molecule has 1 N–H and O–H groups in total. The van der Waals surface area contributed by atoms with Crippen LogP contribution in [0, 0.1) is 0 Å². The van der Waals surface area contributed by atoms with E-state index in [0.717, 1.165) is 38.0 Å². The first-order valence-electron chi connectivity index (χ1n) is 7.91. The van der Waals surface area contributed by atoms with Gasteiger partial charge in [-0.3, -0.25) is 0 Å². The molecule has 3 rings (SSSR count). The highest BCUT2D eigenvalue weighted by Crippen LogP contribution is 2.22. The molecule has 2 aromatic rings. The van der Waals surface area contributed by atoms with Crippen molar-refractivity contribution in [3.8, 4) is 11.5 Å². The van der Waals surface area contributed by atoms with E-state index in [9.17, 15) is 5.11 Å². The maximum absolute atomic E-state index is 9.47. The fourth-order valence-electron chi connectivity index (χ4n) is 2.55. The molecule has 22 heavy (non-hydrogen) atoms. The molecule has 1 unspecified atom stereocenters. The van der Waals surface area contributed by atoms with Gasteiger partial charge in [-0.05, 0) is 55.0 Å². The molecule has 1 atom stereocenters.